The first-order valence-electron chi connectivity index (χ1n) is 9.22. The highest BCUT2D eigenvalue weighted by Crippen LogP contribution is 2.22. The van der Waals surface area contributed by atoms with Crippen molar-refractivity contribution in [3.63, 3.8) is 0 Å². The maximum Gasteiger partial charge on any atom is 0.326 e. The van der Waals surface area contributed by atoms with Crippen molar-refractivity contribution in [3.8, 4) is 0 Å². The monoisotopic (exact) mass is 368 g/mol. The van der Waals surface area contributed by atoms with Crippen LogP contribution in [-0.4, -0.2) is 46.4 Å². The summed E-state index contributed by atoms with van der Waals surface area (Å²) < 4.78 is 0. The highest BCUT2D eigenvalue weighted by Gasteiger charge is 2.38. The molecule has 142 valence electrons. The fourth-order valence-corrected chi connectivity index (χ4v) is 3.62. The van der Waals surface area contributed by atoms with E-state index in [1.807, 2.05) is 50.2 Å². The summed E-state index contributed by atoms with van der Waals surface area (Å²) in [6.45, 7) is 4.10. The number of carboxylic acid groups (broad SMARTS) is 1. The number of hydrogen-bond acceptors (Lipinski definition) is 3. The second kappa shape index (κ2) is 7.78. The van der Waals surface area contributed by atoms with E-state index in [1.54, 1.807) is 6.07 Å². The molecule has 2 atom stereocenters. The third kappa shape index (κ3) is 3.79. The second-order valence-corrected chi connectivity index (χ2v) is 7.25. The molecule has 2 N–H and O–H groups in total. The molecule has 1 aliphatic heterocycles. The van der Waals surface area contributed by atoms with Gasteiger partial charge >= 0.3 is 5.97 Å². The van der Waals surface area contributed by atoms with E-state index in [9.17, 15) is 19.5 Å². The zero-order chi connectivity index (χ0) is 19.6. The maximum atomic E-state index is 13.0. The number of amides is 2. The van der Waals surface area contributed by atoms with Gasteiger partial charge in [-0.2, -0.15) is 0 Å². The van der Waals surface area contributed by atoms with Crippen LogP contribution in [0.4, 0.5) is 0 Å². The Morgan fingerprint density at radius 3 is 2.52 bits per heavy atom. The SMILES string of the molecule is CC(C)[C@H](NC(=O)c1cccc2ccccc12)C(=O)N1CCC[C@H]1C(=O)O. The van der Waals surface area contributed by atoms with Crippen LogP contribution in [0.25, 0.3) is 10.8 Å². The first kappa shape index (κ1) is 18.9. The molecule has 1 saturated heterocycles. The first-order valence-corrected chi connectivity index (χ1v) is 9.22. The first-order chi connectivity index (χ1) is 12.9. The summed E-state index contributed by atoms with van der Waals surface area (Å²) in [5, 5.41) is 14.0. The zero-order valence-electron chi connectivity index (χ0n) is 15.5. The molecule has 3 rings (SSSR count). The average Bonchev–Trinajstić information content (AvgIpc) is 3.15. The van der Waals surface area contributed by atoms with Crippen molar-refractivity contribution in [3.05, 3.63) is 48.0 Å². The van der Waals surface area contributed by atoms with Crippen molar-refractivity contribution in [1.82, 2.24) is 10.2 Å². The number of benzene rings is 2. The van der Waals surface area contributed by atoms with Crippen molar-refractivity contribution in [2.24, 2.45) is 5.92 Å². The lowest BCUT2D eigenvalue weighted by Gasteiger charge is -2.29. The Labute approximate surface area is 158 Å². The van der Waals surface area contributed by atoms with Gasteiger partial charge in [0.25, 0.3) is 5.91 Å². The number of rotatable bonds is 5. The van der Waals surface area contributed by atoms with E-state index in [0.29, 0.717) is 24.9 Å². The van der Waals surface area contributed by atoms with Crippen LogP contribution in [0.3, 0.4) is 0 Å². The molecule has 0 aliphatic carbocycles. The highest BCUT2D eigenvalue weighted by atomic mass is 16.4. The molecule has 0 unspecified atom stereocenters. The van der Waals surface area contributed by atoms with Gasteiger partial charge in [0.1, 0.15) is 12.1 Å². The number of fused-ring (bicyclic) bond motifs is 1. The van der Waals surface area contributed by atoms with Gasteiger partial charge in [-0.3, -0.25) is 9.59 Å². The number of hydrogen-bond donors (Lipinski definition) is 2. The van der Waals surface area contributed by atoms with Crippen LogP contribution in [-0.2, 0) is 9.59 Å². The Hall–Kier alpha value is -2.89. The number of nitrogens with zero attached hydrogens (tertiary/aromatic N) is 1. The van der Waals surface area contributed by atoms with E-state index in [4.69, 9.17) is 0 Å². The van der Waals surface area contributed by atoms with Gasteiger partial charge in [-0.1, -0.05) is 50.2 Å². The smallest absolute Gasteiger partial charge is 0.326 e. The van der Waals surface area contributed by atoms with E-state index in [0.717, 1.165) is 10.8 Å². The third-order valence-corrected chi connectivity index (χ3v) is 5.07. The maximum absolute atomic E-state index is 13.0. The molecule has 0 radical (unpaired) electrons. The van der Waals surface area contributed by atoms with E-state index in [-0.39, 0.29) is 17.7 Å². The standard InChI is InChI=1S/C21H24N2O4/c1-13(2)18(20(25)23-12-6-11-17(23)21(26)27)22-19(24)16-10-5-8-14-7-3-4-9-15(14)16/h3-5,7-10,13,17-18H,6,11-12H2,1-2H3,(H,22,24)(H,26,27)/t17-,18-/m0/s1. The van der Waals surface area contributed by atoms with Gasteiger partial charge in [-0.05, 0) is 35.6 Å². The number of aliphatic carboxylic acids is 1. The molecular formula is C21H24N2O4. The van der Waals surface area contributed by atoms with Crippen molar-refractivity contribution in [2.75, 3.05) is 6.54 Å². The number of carboxylic acids is 1. The summed E-state index contributed by atoms with van der Waals surface area (Å²) in [7, 11) is 0. The van der Waals surface area contributed by atoms with Crippen LogP contribution in [0.2, 0.25) is 0 Å². The topological polar surface area (TPSA) is 86.7 Å². The molecule has 1 heterocycles. The van der Waals surface area contributed by atoms with Crippen molar-refractivity contribution in [1.29, 1.82) is 0 Å². The van der Waals surface area contributed by atoms with Gasteiger partial charge < -0.3 is 15.3 Å². The van der Waals surface area contributed by atoms with Crippen LogP contribution < -0.4 is 5.32 Å². The minimum Gasteiger partial charge on any atom is -0.480 e. The molecule has 2 aromatic carbocycles. The van der Waals surface area contributed by atoms with Gasteiger partial charge in [-0.25, -0.2) is 4.79 Å². The Balaban J connectivity index is 1.85. The van der Waals surface area contributed by atoms with Crippen LogP contribution in [0.5, 0.6) is 0 Å². The molecule has 6 nitrogen and oxygen atoms in total. The summed E-state index contributed by atoms with van der Waals surface area (Å²) in [4.78, 5) is 38.7. The van der Waals surface area contributed by atoms with Crippen molar-refractivity contribution < 1.29 is 19.5 Å². The molecule has 1 aliphatic rings. The predicted molar refractivity (Wildman–Crippen MR) is 102 cm³/mol. The molecule has 2 aromatic rings. The van der Waals surface area contributed by atoms with Gasteiger partial charge in [-0.15, -0.1) is 0 Å². The van der Waals surface area contributed by atoms with E-state index in [1.165, 1.54) is 4.90 Å². The minimum atomic E-state index is -0.997. The largest absolute Gasteiger partial charge is 0.480 e. The van der Waals surface area contributed by atoms with Gasteiger partial charge in [0, 0.05) is 12.1 Å². The molecule has 0 aromatic heterocycles. The van der Waals surface area contributed by atoms with Gasteiger partial charge in [0.2, 0.25) is 5.91 Å². The summed E-state index contributed by atoms with van der Waals surface area (Å²) in [6.07, 6.45) is 1.11. The quantitative estimate of drug-likeness (QED) is 0.849. The van der Waals surface area contributed by atoms with Crippen LogP contribution >= 0.6 is 0 Å². The summed E-state index contributed by atoms with van der Waals surface area (Å²) in [5.41, 5.74) is 0.503. The van der Waals surface area contributed by atoms with Crippen LogP contribution in [0.15, 0.2) is 42.5 Å². The van der Waals surface area contributed by atoms with Gasteiger partial charge in [0.15, 0.2) is 0 Å². The summed E-state index contributed by atoms with van der Waals surface area (Å²) >= 11 is 0. The summed E-state index contributed by atoms with van der Waals surface area (Å²) in [6, 6.07) is 11.5. The number of likely N-dealkylation sites (tertiary alicyclic amines) is 1. The molecular weight excluding hydrogens is 344 g/mol. The van der Waals surface area contributed by atoms with E-state index < -0.39 is 18.1 Å². The highest BCUT2D eigenvalue weighted by molar-refractivity contribution is 6.08. The molecule has 2 amide bonds. The Kier molecular flexibility index (Phi) is 5.44. The van der Waals surface area contributed by atoms with Gasteiger partial charge in [0.05, 0.1) is 0 Å². The lowest BCUT2D eigenvalue weighted by molar-refractivity contribution is -0.149. The fourth-order valence-electron chi connectivity index (χ4n) is 3.62. The molecule has 0 spiro atoms. The Morgan fingerprint density at radius 1 is 1.11 bits per heavy atom. The Bertz CT molecular complexity index is 872. The molecule has 0 bridgehead atoms. The molecule has 0 saturated carbocycles. The van der Waals surface area contributed by atoms with E-state index in [2.05, 4.69) is 5.32 Å². The zero-order valence-corrected chi connectivity index (χ0v) is 15.5. The van der Waals surface area contributed by atoms with Crippen LogP contribution in [0.1, 0.15) is 37.0 Å². The molecule has 1 fully saturated rings. The Morgan fingerprint density at radius 2 is 1.81 bits per heavy atom. The van der Waals surface area contributed by atoms with Crippen LogP contribution in [0, 0.1) is 5.92 Å². The number of carbonyl (C=O) groups excluding carboxylic acids is 2. The second-order valence-electron chi connectivity index (χ2n) is 7.25. The summed E-state index contributed by atoms with van der Waals surface area (Å²) in [5.74, 6) is -1.82. The average molecular weight is 368 g/mol. The third-order valence-electron chi connectivity index (χ3n) is 5.07. The fraction of sp³-hybridized carbons (Fsp3) is 0.381. The lowest BCUT2D eigenvalue weighted by atomic mass is 10.00. The van der Waals surface area contributed by atoms with Crippen molar-refractivity contribution >= 4 is 28.6 Å². The number of carbonyl (C=O) groups is 3. The van der Waals surface area contributed by atoms with Crippen molar-refractivity contribution in [2.45, 2.75) is 38.8 Å². The number of nitrogens with one attached hydrogen (secondary N) is 1. The molecule has 27 heavy (non-hydrogen) atoms. The van der Waals surface area contributed by atoms with E-state index >= 15 is 0 Å². The minimum absolute atomic E-state index is 0.161. The predicted octanol–water partition coefficient (Wildman–Crippen LogP) is 2.67. The molecule has 6 heteroatoms. The lowest BCUT2D eigenvalue weighted by Crippen LogP contribution is -2.53. The normalized spacial score (nSPS) is 17.9.